The van der Waals surface area contributed by atoms with Crippen LogP contribution in [-0.2, 0) is 20.6 Å². The number of methoxy groups -OCH3 is 1. The Balaban J connectivity index is 2.00. The molecule has 0 saturated carbocycles. The van der Waals surface area contributed by atoms with Crippen LogP contribution in [0.5, 0.6) is 11.5 Å². The van der Waals surface area contributed by atoms with Crippen molar-refractivity contribution < 1.29 is 41.8 Å². The van der Waals surface area contributed by atoms with E-state index < -0.39 is 41.1 Å². The highest BCUT2D eigenvalue weighted by Crippen LogP contribution is 2.33. The minimum absolute atomic E-state index is 0.0994. The Kier molecular flexibility index (Phi) is 6.01. The predicted octanol–water partition coefficient (Wildman–Crippen LogP) is 3.31. The maximum absolute atomic E-state index is 13.0. The van der Waals surface area contributed by atoms with Gasteiger partial charge in [0.1, 0.15) is 5.57 Å². The van der Waals surface area contributed by atoms with Gasteiger partial charge in [-0.25, -0.2) is 9.69 Å². The number of esters is 1. The van der Waals surface area contributed by atoms with Crippen molar-refractivity contribution in [2.24, 2.45) is 0 Å². The number of nitrogens with one attached hydrogen (secondary N) is 1. The molecule has 32 heavy (non-hydrogen) atoms. The maximum atomic E-state index is 13.0. The molecule has 1 fully saturated rings. The number of nitrogens with zero attached hydrogens (tertiary/aromatic N) is 1. The summed E-state index contributed by atoms with van der Waals surface area (Å²) in [6.07, 6.45) is -3.56. The Morgan fingerprint density at radius 3 is 2.41 bits per heavy atom. The number of hydrogen-bond acceptors (Lipinski definition) is 6. The van der Waals surface area contributed by atoms with Crippen LogP contribution in [0, 0.1) is 0 Å². The van der Waals surface area contributed by atoms with Crippen LogP contribution in [0.25, 0.3) is 6.08 Å². The van der Waals surface area contributed by atoms with E-state index >= 15 is 0 Å². The lowest BCUT2D eigenvalue weighted by atomic mass is 10.1. The van der Waals surface area contributed by atoms with Crippen LogP contribution in [0.3, 0.4) is 0 Å². The first-order valence-electron chi connectivity index (χ1n) is 8.96. The number of amides is 4. The van der Waals surface area contributed by atoms with Crippen LogP contribution in [-0.4, -0.2) is 30.9 Å². The lowest BCUT2D eigenvalue weighted by Gasteiger charge is -2.26. The van der Waals surface area contributed by atoms with Crippen molar-refractivity contribution in [3.63, 3.8) is 0 Å². The summed E-state index contributed by atoms with van der Waals surface area (Å²) in [5.41, 5.74) is -1.65. The van der Waals surface area contributed by atoms with Gasteiger partial charge in [-0.15, -0.1) is 0 Å². The molecule has 8 nitrogen and oxygen atoms in total. The quantitative estimate of drug-likeness (QED) is 0.333. The van der Waals surface area contributed by atoms with Gasteiger partial charge in [-0.1, -0.05) is 12.1 Å². The van der Waals surface area contributed by atoms with Crippen LogP contribution in [0.2, 0.25) is 0 Å². The Labute approximate surface area is 179 Å². The van der Waals surface area contributed by atoms with E-state index in [0.717, 1.165) is 24.3 Å². The zero-order valence-electron chi connectivity index (χ0n) is 16.6. The first-order chi connectivity index (χ1) is 15.0. The summed E-state index contributed by atoms with van der Waals surface area (Å²) < 4.78 is 49.2. The molecule has 2 aromatic carbocycles. The van der Waals surface area contributed by atoms with Crippen molar-refractivity contribution in [3.8, 4) is 11.5 Å². The van der Waals surface area contributed by atoms with Gasteiger partial charge < -0.3 is 9.47 Å². The van der Waals surface area contributed by atoms with E-state index in [4.69, 9.17) is 9.47 Å². The van der Waals surface area contributed by atoms with Crippen molar-refractivity contribution in [3.05, 3.63) is 59.2 Å². The largest absolute Gasteiger partial charge is 0.493 e. The number of alkyl halides is 3. The number of carbonyl (C=O) groups excluding carboxylic acids is 4. The zero-order chi connectivity index (χ0) is 23.6. The average molecular weight is 448 g/mol. The minimum atomic E-state index is -4.69. The lowest BCUT2D eigenvalue weighted by Crippen LogP contribution is -2.54. The van der Waals surface area contributed by atoms with Crippen molar-refractivity contribution >= 4 is 35.6 Å². The summed E-state index contributed by atoms with van der Waals surface area (Å²) in [7, 11) is 1.31. The van der Waals surface area contributed by atoms with Crippen molar-refractivity contribution in [2.75, 3.05) is 12.0 Å². The number of hydrogen-bond donors (Lipinski definition) is 1. The highest BCUT2D eigenvalue weighted by Gasteiger charge is 2.38. The number of urea groups is 1. The molecule has 0 unspecified atom stereocenters. The number of halogens is 3. The van der Waals surface area contributed by atoms with E-state index in [1.807, 2.05) is 5.32 Å². The highest BCUT2D eigenvalue weighted by molar-refractivity contribution is 6.39. The fraction of sp³-hybridized carbons (Fsp3) is 0.143. The van der Waals surface area contributed by atoms with E-state index in [2.05, 4.69) is 0 Å². The van der Waals surface area contributed by atoms with Gasteiger partial charge >= 0.3 is 18.2 Å². The second-order valence-electron chi connectivity index (χ2n) is 6.51. The molecule has 0 atom stereocenters. The van der Waals surface area contributed by atoms with Crippen LogP contribution < -0.4 is 19.7 Å². The third-order valence-corrected chi connectivity index (χ3v) is 4.29. The van der Waals surface area contributed by atoms with Crippen LogP contribution in [0.4, 0.5) is 23.7 Å². The maximum Gasteiger partial charge on any atom is 0.416 e. The van der Waals surface area contributed by atoms with Crippen molar-refractivity contribution in [1.82, 2.24) is 5.32 Å². The molecule has 1 aliphatic rings. The molecule has 1 saturated heterocycles. The average Bonchev–Trinajstić information content (AvgIpc) is 2.71. The van der Waals surface area contributed by atoms with Gasteiger partial charge in [-0.2, -0.15) is 13.2 Å². The van der Waals surface area contributed by atoms with Gasteiger partial charge in [0.25, 0.3) is 11.8 Å². The second kappa shape index (κ2) is 8.53. The predicted molar refractivity (Wildman–Crippen MR) is 105 cm³/mol. The van der Waals surface area contributed by atoms with Crippen LogP contribution in [0.15, 0.2) is 48.0 Å². The van der Waals surface area contributed by atoms with Gasteiger partial charge in [-0.3, -0.25) is 19.7 Å². The standard InChI is InChI=1S/C21H15F3N2O6/c1-11(27)32-16-7-6-12(9-17(16)31-2)8-15-18(28)25-20(30)26(19(15)29)14-5-3-4-13(10-14)21(22,23)24/h3-10H,1-2H3,(H,25,28,30). The van der Waals surface area contributed by atoms with Gasteiger partial charge in [0.2, 0.25) is 0 Å². The molecule has 0 radical (unpaired) electrons. The number of benzene rings is 2. The van der Waals surface area contributed by atoms with Crippen molar-refractivity contribution in [1.29, 1.82) is 0 Å². The zero-order valence-corrected chi connectivity index (χ0v) is 16.6. The first kappa shape index (κ1) is 22.5. The van der Waals surface area contributed by atoms with Crippen LogP contribution >= 0.6 is 0 Å². The molecule has 1 N–H and O–H groups in total. The van der Waals surface area contributed by atoms with Gasteiger partial charge in [0, 0.05) is 6.92 Å². The number of anilines is 1. The summed E-state index contributed by atoms with van der Waals surface area (Å²) >= 11 is 0. The molecule has 4 amide bonds. The molecule has 0 aromatic heterocycles. The van der Waals surface area contributed by atoms with E-state index in [0.29, 0.717) is 11.0 Å². The molecular weight excluding hydrogens is 433 g/mol. The molecule has 3 rings (SSSR count). The van der Waals surface area contributed by atoms with E-state index in [1.165, 1.54) is 32.2 Å². The molecule has 0 bridgehead atoms. The fourth-order valence-electron chi connectivity index (χ4n) is 2.89. The molecule has 11 heteroatoms. The minimum Gasteiger partial charge on any atom is -0.493 e. The van der Waals surface area contributed by atoms with E-state index in [9.17, 15) is 32.3 Å². The Morgan fingerprint density at radius 2 is 1.78 bits per heavy atom. The fourth-order valence-corrected chi connectivity index (χ4v) is 2.89. The van der Waals surface area contributed by atoms with Gasteiger partial charge in [0.05, 0.1) is 18.4 Å². The van der Waals surface area contributed by atoms with E-state index in [-0.39, 0.29) is 22.7 Å². The molecule has 0 spiro atoms. The van der Waals surface area contributed by atoms with Gasteiger partial charge in [-0.05, 0) is 42.0 Å². The van der Waals surface area contributed by atoms with Gasteiger partial charge in [0.15, 0.2) is 11.5 Å². The number of ether oxygens (including phenoxy) is 2. The molecule has 1 aliphatic heterocycles. The lowest BCUT2D eigenvalue weighted by molar-refractivity contribution is -0.137. The first-order valence-corrected chi connectivity index (χ1v) is 8.96. The number of imide groups is 2. The summed E-state index contributed by atoms with van der Waals surface area (Å²) in [6, 6.07) is 6.56. The third kappa shape index (κ3) is 4.61. The number of rotatable bonds is 4. The molecule has 1 heterocycles. The summed E-state index contributed by atoms with van der Waals surface area (Å²) in [6.45, 7) is 1.19. The van der Waals surface area contributed by atoms with Crippen molar-refractivity contribution in [2.45, 2.75) is 13.1 Å². The SMILES string of the molecule is COc1cc(C=C2C(=O)NC(=O)N(c3cccc(C(F)(F)F)c3)C2=O)ccc1OC(C)=O. The smallest absolute Gasteiger partial charge is 0.416 e. The summed E-state index contributed by atoms with van der Waals surface area (Å²) in [5.74, 6) is -2.50. The second-order valence-corrected chi connectivity index (χ2v) is 6.51. The summed E-state index contributed by atoms with van der Waals surface area (Å²) in [5, 5.41) is 1.93. The third-order valence-electron chi connectivity index (χ3n) is 4.29. The Bertz CT molecular complexity index is 1160. The Morgan fingerprint density at radius 1 is 1.06 bits per heavy atom. The molecule has 166 valence electrons. The highest BCUT2D eigenvalue weighted by atomic mass is 19.4. The number of carbonyl (C=O) groups is 4. The monoisotopic (exact) mass is 448 g/mol. The Hall–Kier alpha value is -4.15. The molecule has 2 aromatic rings. The normalized spacial score (nSPS) is 15.6. The summed E-state index contributed by atoms with van der Waals surface area (Å²) in [4.78, 5) is 49.0. The molecular formula is C21H15F3N2O6. The topological polar surface area (TPSA) is 102 Å². The molecule has 0 aliphatic carbocycles. The van der Waals surface area contributed by atoms with E-state index in [1.54, 1.807) is 0 Å². The number of barbiturate groups is 1. The van der Waals surface area contributed by atoms with Crippen LogP contribution in [0.1, 0.15) is 18.1 Å².